The first kappa shape index (κ1) is 11.5. The first-order valence-corrected chi connectivity index (χ1v) is 6.61. The lowest BCUT2D eigenvalue weighted by Gasteiger charge is -2.28. The van der Waals surface area contributed by atoms with Crippen molar-refractivity contribution in [1.29, 1.82) is 0 Å². The maximum atomic E-state index is 3.65. The molecule has 0 aliphatic carbocycles. The summed E-state index contributed by atoms with van der Waals surface area (Å²) in [7, 11) is 0. The van der Waals surface area contributed by atoms with Crippen molar-refractivity contribution >= 4 is 0 Å². The summed E-state index contributed by atoms with van der Waals surface area (Å²) in [6, 6.07) is 15.8. The summed E-state index contributed by atoms with van der Waals surface area (Å²) >= 11 is 0. The monoisotopic (exact) mass is 237 g/mol. The van der Waals surface area contributed by atoms with Crippen LogP contribution in [0.4, 0.5) is 0 Å². The summed E-state index contributed by atoms with van der Waals surface area (Å²) in [6.07, 6.45) is 1.10. The normalized spacial score (nSPS) is 18.4. The lowest BCUT2D eigenvalue weighted by molar-refractivity contribution is 0.497. The molecule has 0 spiro atoms. The van der Waals surface area contributed by atoms with Crippen LogP contribution >= 0.6 is 0 Å². The van der Waals surface area contributed by atoms with Crippen molar-refractivity contribution in [2.75, 3.05) is 0 Å². The second kappa shape index (κ2) is 4.58. The van der Waals surface area contributed by atoms with Gasteiger partial charge < -0.3 is 5.32 Å². The molecule has 2 aromatic carbocycles. The van der Waals surface area contributed by atoms with Crippen LogP contribution in [0.2, 0.25) is 0 Å². The molecule has 1 nitrogen and oxygen atoms in total. The maximum absolute atomic E-state index is 3.65. The molecule has 0 saturated heterocycles. The average molecular weight is 237 g/mol. The van der Waals surface area contributed by atoms with Crippen LogP contribution in [0.25, 0.3) is 0 Å². The molecular weight excluding hydrogens is 218 g/mol. The van der Waals surface area contributed by atoms with E-state index in [9.17, 15) is 0 Å². The Morgan fingerprint density at radius 1 is 1.06 bits per heavy atom. The molecule has 0 amide bonds. The van der Waals surface area contributed by atoms with Gasteiger partial charge >= 0.3 is 0 Å². The van der Waals surface area contributed by atoms with Crippen molar-refractivity contribution in [1.82, 2.24) is 5.32 Å². The van der Waals surface area contributed by atoms with Gasteiger partial charge in [-0.2, -0.15) is 0 Å². The second-order valence-electron chi connectivity index (χ2n) is 5.27. The minimum Gasteiger partial charge on any atom is -0.306 e. The van der Waals surface area contributed by atoms with Crippen LogP contribution < -0.4 is 5.32 Å². The minimum absolute atomic E-state index is 0.458. The maximum Gasteiger partial charge on any atom is 0.0363 e. The van der Waals surface area contributed by atoms with E-state index in [0.29, 0.717) is 6.04 Å². The van der Waals surface area contributed by atoms with Crippen molar-refractivity contribution in [3.8, 4) is 0 Å². The molecule has 1 unspecified atom stereocenters. The smallest absolute Gasteiger partial charge is 0.0363 e. The molecule has 3 rings (SSSR count). The average Bonchev–Trinajstić information content (AvgIpc) is 2.39. The third-order valence-corrected chi connectivity index (χ3v) is 3.86. The quantitative estimate of drug-likeness (QED) is 0.797. The van der Waals surface area contributed by atoms with Gasteiger partial charge in [-0.1, -0.05) is 48.0 Å². The van der Waals surface area contributed by atoms with Crippen molar-refractivity contribution < 1.29 is 0 Å². The van der Waals surface area contributed by atoms with E-state index < -0.39 is 0 Å². The molecule has 0 saturated carbocycles. The first-order chi connectivity index (χ1) is 8.74. The highest BCUT2D eigenvalue weighted by molar-refractivity contribution is 5.41. The molecule has 0 fully saturated rings. The van der Waals surface area contributed by atoms with Gasteiger partial charge in [-0.25, -0.2) is 0 Å². The minimum atomic E-state index is 0.458. The van der Waals surface area contributed by atoms with E-state index in [-0.39, 0.29) is 0 Å². The van der Waals surface area contributed by atoms with Gasteiger partial charge in [0.25, 0.3) is 0 Å². The highest BCUT2D eigenvalue weighted by Gasteiger charge is 2.20. The van der Waals surface area contributed by atoms with Crippen LogP contribution in [0.15, 0.2) is 42.5 Å². The zero-order valence-electron chi connectivity index (χ0n) is 11.0. The molecule has 1 aliphatic heterocycles. The molecule has 1 aliphatic rings. The Balaban J connectivity index is 1.94. The first-order valence-electron chi connectivity index (χ1n) is 6.61. The molecule has 92 valence electrons. The summed E-state index contributed by atoms with van der Waals surface area (Å²) in [5.41, 5.74) is 7.20. The van der Waals surface area contributed by atoms with E-state index >= 15 is 0 Å². The van der Waals surface area contributed by atoms with E-state index in [4.69, 9.17) is 0 Å². The van der Waals surface area contributed by atoms with E-state index in [0.717, 1.165) is 13.0 Å². The SMILES string of the molecule is Cc1cc(C)c2c(c1)CNC(c1ccccc1)C2. The Bertz CT molecular complexity index is 557. The van der Waals surface area contributed by atoms with Crippen LogP contribution in [-0.2, 0) is 13.0 Å². The lowest BCUT2D eigenvalue weighted by Crippen LogP contribution is -2.29. The van der Waals surface area contributed by atoms with Crippen LogP contribution in [-0.4, -0.2) is 0 Å². The van der Waals surface area contributed by atoms with Crippen molar-refractivity contribution in [2.24, 2.45) is 0 Å². The molecule has 1 heterocycles. The molecule has 18 heavy (non-hydrogen) atoms. The van der Waals surface area contributed by atoms with Gasteiger partial charge in [-0.05, 0) is 42.5 Å². The number of aryl methyl sites for hydroxylation is 2. The van der Waals surface area contributed by atoms with Crippen molar-refractivity contribution in [3.05, 3.63) is 70.3 Å². The van der Waals surface area contributed by atoms with E-state index in [1.165, 1.54) is 27.8 Å². The number of rotatable bonds is 1. The molecule has 2 aromatic rings. The number of nitrogens with one attached hydrogen (secondary N) is 1. The van der Waals surface area contributed by atoms with Crippen LogP contribution in [0, 0.1) is 13.8 Å². The topological polar surface area (TPSA) is 12.0 Å². The number of benzene rings is 2. The van der Waals surface area contributed by atoms with Gasteiger partial charge in [0.05, 0.1) is 0 Å². The molecule has 1 N–H and O–H groups in total. The van der Waals surface area contributed by atoms with Crippen LogP contribution in [0.3, 0.4) is 0 Å². The highest BCUT2D eigenvalue weighted by atomic mass is 14.9. The molecular formula is C17H19N. The number of hydrogen-bond donors (Lipinski definition) is 1. The highest BCUT2D eigenvalue weighted by Crippen LogP contribution is 2.28. The van der Waals surface area contributed by atoms with Gasteiger partial charge in [0.2, 0.25) is 0 Å². The van der Waals surface area contributed by atoms with Gasteiger partial charge in [-0.15, -0.1) is 0 Å². The van der Waals surface area contributed by atoms with E-state index in [1.54, 1.807) is 0 Å². The Kier molecular flexibility index (Phi) is 2.92. The summed E-state index contributed by atoms with van der Waals surface area (Å²) < 4.78 is 0. The van der Waals surface area contributed by atoms with E-state index in [2.05, 4.69) is 61.6 Å². The Labute approximate surface area is 109 Å². The summed E-state index contributed by atoms with van der Waals surface area (Å²) in [5, 5.41) is 3.65. The Hall–Kier alpha value is -1.60. The van der Waals surface area contributed by atoms with Crippen molar-refractivity contribution in [3.63, 3.8) is 0 Å². The van der Waals surface area contributed by atoms with E-state index in [1.807, 2.05) is 0 Å². The Morgan fingerprint density at radius 2 is 1.83 bits per heavy atom. The molecule has 1 heteroatoms. The zero-order chi connectivity index (χ0) is 12.5. The third kappa shape index (κ3) is 2.06. The van der Waals surface area contributed by atoms with Crippen LogP contribution in [0.1, 0.15) is 33.9 Å². The predicted octanol–water partition coefficient (Wildman–Crippen LogP) is 3.69. The molecule has 0 radical (unpaired) electrons. The summed E-state index contributed by atoms with van der Waals surface area (Å²) in [6.45, 7) is 5.40. The van der Waals surface area contributed by atoms with Crippen molar-refractivity contribution in [2.45, 2.75) is 32.9 Å². The largest absolute Gasteiger partial charge is 0.306 e. The predicted molar refractivity (Wildman–Crippen MR) is 75.6 cm³/mol. The number of hydrogen-bond acceptors (Lipinski definition) is 1. The standard InChI is InChI=1S/C17H19N/c1-12-8-13(2)16-10-17(18-11-15(16)9-12)14-6-4-3-5-7-14/h3-9,17-18H,10-11H2,1-2H3. The summed E-state index contributed by atoms with van der Waals surface area (Å²) in [5.74, 6) is 0. The zero-order valence-corrected chi connectivity index (χ0v) is 11.0. The second-order valence-corrected chi connectivity index (χ2v) is 5.27. The fourth-order valence-electron chi connectivity index (χ4n) is 2.97. The fourth-order valence-corrected chi connectivity index (χ4v) is 2.97. The molecule has 0 bridgehead atoms. The van der Waals surface area contributed by atoms with Gasteiger partial charge in [0.15, 0.2) is 0 Å². The third-order valence-electron chi connectivity index (χ3n) is 3.86. The fraction of sp³-hybridized carbons (Fsp3) is 0.294. The molecule has 0 aromatic heterocycles. The van der Waals surface area contributed by atoms with Crippen LogP contribution in [0.5, 0.6) is 0 Å². The number of fused-ring (bicyclic) bond motifs is 1. The summed E-state index contributed by atoms with van der Waals surface area (Å²) in [4.78, 5) is 0. The Morgan fingerprint density at radius 3 is 2.61 bits per heavy atom. The van der Waals surface area contributed by atoms with Gasteiger partial charge in [0, 0.05) is 12.6 Å². The van der Waals surface area contributed by atoms with Gasteiger partial charge in [0.1, 0.15) is 0 Å². The lowest BCUT2D eigenvalue weighted by atomic mass is 9.88. The molecule has 1 atom stereocenters. The van der Waals surface area contributed by atoms with Gasteiger partial charge in [-0.3, -0.25) is 0 Å².